The lowest BCUT2D eigenvalue weighted by Gasteiger charge is -2.26. The maximum Gasteiger partial charge on any atom is 0.295 e. The maximum absolute atomic E-state index is 13.4. The van der Waals surface area contributed by atoms with Crippen molar-refractivity contribution < 1.29 is 29.3 Å². The van der Waals surface area contributed by atoms with Crippen LogP contribution in [0.5, 0.6) is 17.2 Å². The predicted molar refractivity (Wildman–Crippen MR) is 145 cm³/mol. The molecule has 1 heterocycles. The van der Waals surface area contributed by atoms with Gasteiger partial charge in [0.05, 0.1) is 25.3 Å². The summed E-state index contributed by atoms with van der Waals surface area (Å²) in [7, 11) is 1.57. The summed E-state index contributed by atoms with van der Waals surface area (Å²) in [4.78, 5) is 28.2. The van der Waals surface area contributed by atoms with Crippen LogP contribution in [-0.4, -0.2) is 40.5 Å². The highest BCUT2D eigenvalue weighted by atomic mass is 16.5. The zero-order valence-corrected chi connectivity index (χ0v) is 22.3. The number of aliphatic hydroxyl groups is 1. The molecule has 1 aliphatic rings. The molecule has 7 heteroatoms. The molecule has 3 aromatic carbocycles. The molecule has 1 atom stereocenters. The number of aliphatic hydroxyl groups excluding tert-OH is 1. The highest BCUT2D eigenvalue weighted by molar-refractivity contribution is 6.46. The summed E-state index contributed by atoms with van der Waals surface area (Å²) >= 11 is 0. The molecule has 2 N–H and O–H groups in total. The van der Waals surface area contributed by atoms with Crippen LogP contribution in [0.2, 0.25) is 0 Å². The molecule has 1 saturated heterocycles. The average molecular weight is 516 g/mol. The lowest BCUT2D eigenvalue weighted by molar-refractivity contribution is -0.140. The molecule has 0 spiro atoms. The van der Waals surface area contributed by atoms with Crippen molar-refractivity contribution >= 4 is 17.4 Å². The topological polar surface area (TPSA) is 96.3 Å². The number of amides is 1. The Labute approximate surface area is 222 Å². The number of ether oxygens (including phenoxy) is 2. The number of methoxy groups -OCH3 is 1. The van der Waals surface area contributed by atoms with Gasteiger partial charge in [0.1, 0.15) is 23.0 Å². The van der Waals surface area contributed by atoms with E-state index in [0.717, 1.165) is 16.9 Å². The summed E-state index contributed by atoms with van der Waals surface area (Å²) < 4.78 is 11.1. The number of benzene rings is 3. The van der Waals surface area contributed by atoms with Crippen LogP contribution in [0.1, 0.15) is 47.7 Å². The van der Waals surface area contributed by atoms with E-state index in [1.54, 1.807) is 31.4 Å². The van der Waals surface area contributed by atoms with Gasteiger partial charge in [-0.05, 0) is 78.4 Å². The van der Waals surface area contributed by atoms with Crippen LogP contribution < -0.4 is 9.47 Å². The summed E-state index contributed by atoms with van der Waals surface area (Å²) in [5, 5.41) is 21.3. The molecule has 0 aliphatic carbocycles. The Morgan fingerprint density at radius 3 is 2.24 bits per heavy atom. The number of hydrogen-bond acceptors (Lipinski definition) is 6. The lowest BCUT2D eigenvalue weighted by Crippen LogP contribution is -2.29. The number of carbonyl (C=O) groups excluding carboxylic acids is 2. The number of likely N-dealkylation sites (tertiary alicyclic amines) is 1. The van der Waals surface area contributed by atoms with Crippen LogP contribution in [-0.2, 0) is 16.1 Å². The van der Waals surface area contributed by atoms with Crippen LogP contribution in [0.4, 0.5) is 0 Å². The van der Waals surface area contributed by atoms with Gasteiger partial charge in [-0.1, -0.05) is 38.1 Å². The number of Topliss-reactive ketones (excluding diaryl/α,β-unsaturated/α-hetero) is 1. The largest absolute Gasteiger partial charge is 0.508 e. The minimum Gasteiger partial charge on any atom is -0.508 e. The minimum atomic E-state index is -0.839. The fourth-order valence-electron chi connectivity index (χ4n) is 4.61. The third-order valence-corrected chi connectivity index (χ3v) is 6.61. The van der Waals surface area contributed by atoms with E-state index in [9.17, 15) is 19.8 Å². The molecule has 1 unspecified atom stereocenters. The highest BCUT2D eigenvalue weighted by Crippen LogP contribution is 2.41. The van der Waals surface area contributed by atoms with E-state index in [4.69, 9.17) is 9.47 Å². The molecule has 1 amide bonds. The SMILES string of the molecule is COc1cc(C)c(/C(O)=C2\C(=O)C(=O)N(Cc3ccc(OCC(C)C)cc3)C2c2ccc(O)cc2)cc1C. The van der Waals surface area contributed by atoms with E-state index in [0.29, 0.717) is 35.0 Å². The number of phenolic OH excluding ortho intramolecular Hbond substituents is 1. The number of hydrogen-bond donors (Lipinski definition) is 2. The van der Waals surface area contributed by atoms with Crippen LogP contribution in [0.25, 0.3) is 5.76 Å². The molecule has 198 valence electrons. The molecule has 0 bridgehead atoms. The van der Waals surface area contributed by atoms with Crippen LogP contribution in [0.3, 0.4) is 0 Å². The number of carbonyl (C=O) groups is 2. The lowest BCUT2D eigenvalue weighted by atomic mass is 9.93. The summed E-state index contributed by atoms with van der Waals surface area (Å²) in [5.41, 5.74) is 3.36. The fourth-order valence-corrected chi connectivity index (χ4v) is 4.61. The molecule has 0 radical (unpaired) electrons. The van der Waals surface area contributed by atoms with Gasteiger partial charge in [-0.3, -0.25) is 9.59 Å². The minimum absolute atomic E-state index is 0.00486. The maximum atomic E-state index is 13.4. The first-order valence-corrected chi connectivity index (χ1v) is 12.5. The molecule has 1 fully saturated rings. The molecular formula is C31H33NO6. The fraction of sp³-hybridized carbons (Fsp3) is 0.290. The Morgan fingerprint density at radius 2 is 1.63 bits per heavy atom. The van der Waals surface area contributed by atoms with E-state index in [-0.39, 0.29) is 23.6 Å². The van der Waals surface area contributed by atoms with Crippen molar-refractivity contribution in [3.63, 3.8) is 0 Å². The summed E-state index contributed by atoms with van der Waals surface area (Å²) in [6.07, 6.45) is 0. The van der Waals surface area contributed by atoms with Crippen molar-refractivity contribution in [3.8, 4) is 17.2 Å². The van der Waals surface area contributed by atoms with Crippen LogP contribution in [0.15, 0.2) is 66.2 Å². The van der Waals surface area contributed by atoms with E-state index in [1.165, 1.54) is 17.0 Å². The number of nitrogens with zero attached hydrogens (tertiary/aromatic N) is 1. The Hall–Kier alpha value is -4.26. The van der Waals surface area contributed by atoms with Crippen LogP contribution in [0, 0.1) is 19.8 Å². The predicted octanol–water partition coefficient (Wildman–Crippen LogP) is 5.67. The molecule has 38 heavy (non-hydrogen) atoms. The van der Waals surface area contributed by atoms with Gasteiger partial charge in [0, 0.05) is 12.1 Å². The number of aryl methyl sites for hydroxylation is 2. The monoisotopic (exact) mass is 515 g/mol. The second-order valence-electron chi connectivity index (χ2n) is 10.0. The van der Waals surface area contributed by atoms with Crippen molar-refractivity contribution in [2.24, 2.45) is 5.92 Å². The van der Waals surface area contributed by atoms with Gasteiger partial charge in [-0.2, -0.15) is 0 Å². The number of phenols is 1. The highest BCUT2D eigenvalue weighted by Gasteiger charge is 2.46. The summed E-state index contributed by atoms with van der Waals surface area (Å²) in [6, 6.07) is 16.4. The Bertz CT molecular complexity index is 1370. The van der Waals surface area contributed by atoms with Gasteiger partial charge in [0.15, 0.2) is 0 Å². The van der Waals surface area contributed by atoms with Gasteiger partial charge < -0.3 is 24.6 Å². The number of ketones is 1. The van der Waals surface area contributed by atoms with Gasteiger partial charge in [-0.25, -0.2) is 0 Å². The first-order chi connectivity index (χ1) is 18.1. The zero-order chi connectivity index (χ0) is 27.6. The second-order valence-corrected chi connectivity index (χ2v) is 10.0. The Morgan fingerprint density at radius 1 is 0.974 bits per heavy atom. The summed E-state index contributed by atoms with van der Waals surface area (Å²) in [6.45, 7) is 8.55. The van der Waals surface area contributed by atoms with E-state index in [1.807, 2.05) is 38.1 Å². The van der Waals surface area contributed by atoms with E-state index in [2.05, 4.69) is 13.8 Å². The van der Waals surface area contributed by atoms with Gasteiger partial charge >= 0.3 is 0 Å². The Kier molecular flexibility index (Phi) is 7.76. The normalized spacial score (nSPS) is 16.8. The molecule has 3 aromatic rings. The Balaban J connectivity index is 1.77. The summed E-state index contributed by atoms with van der Waals surface area (Å²) in [5.74, 6) is 0.136. The average Bonchev–Trinajstić information content (AvgIpc) is 3.14. The molecule has 1 aliphatic heterocycles. The quantitative estimate of drug-likeness (QED) is 0.228. The smallest absolute Gasteiger partial charge is 0.295 e. The van der Waals surface area contributed by atoms with Crippen molar-refractivity contribution in [2.75, 3.05) is 13.7 Å². The third-order valence-electron chi connectivity index (χ3n) is 6.61. The molecular weight excluding hydrogens is 482 g/mol. The van der Waals surface area contributed by atoms with Gasteiger partial charge in [0.2, 0.25) is 0 Å². The van der Waals surface area contributed by atoms with Crippen molar-refractivity contribution in [1.82, 2.24) is 4.90 Å². The number of rotatable bonds is 8. The number of aromatic hydroxyl groups is 1. The second kappa shape index (κ2) is 11.0. The van der Waals surface area contributed by atoms with E-state index < -0.39 is 17.7 Å². The first kappa shape index (κ1) is 26.8. The molecule has 4 rings (SSSR count). The van der Waals surface area contributed by atoms with Crippen molar-refractivity contribution in [1.29, 1.82) is 0 Å². The van der Waals surface area contributed by atoms with Gasteiger partial charge in [0.25, 0.3) is 11.7 Å². The van der Waals surface area contributed by atoms with Crippen molar-refractivity contribution in [2.45, 2.75) is 40.3 Å². The molecule has 0 aromatic heterocycles. The zero-order valence-electron chi connectivity index (χ0n) is 22.3. The third kappa shape index (κ3) is 5.37. The molecule has 7 nitrogen and oxygen atoms in total. The van der Waals surface area contributed by atoms with E-state index >= 15 is 0 Å². The first-order valence-electron chi connectivity index (χ1n) is 12.5. The molecule has 0 saturated carbocycles. The van der Waals surface area contributed by atoms with Crippen LogP contribution >= 0.6 is 0 Å². The van der Waals surface area contributed by atoms with Crippen molar-refractivity contribution in [3.05, 3.63) is 94.1 Å². The standard InChI is InChI=1S/C31H33NO6/c1-18(2)17-38-24-12-6-21(7-13-24)16-32-28(22-8-10-23(33)11-9-22)27(30(35)31(32)36)29(34)25-14-20(4)26(37-5)15-19(25)3/h6-15,18,28,33-34H,16-17H2,1-5H3/b29-27+. The van der Waals surface area contributed by atoms with Gasteiger partial charge in [-0.15, -0.1) is 0 Å².